The third-order valence-corrected chi connectivity index (χ3v) is 3.39. The lowest BCUT2D eigenvalue weighted by molar-refractivity contribution is -0.0351. The van der Waals surface area contributed by atoms with E-state index in [1.54, 1.807) is 0 Å². The van der Waals surface area contributed by atoms with Crippen LogP contribution in [0.5, 0.6) is 0 Å². The van der Waals surface area contributed by atoms with Gasteiger partial charge in [-0.25, -0.2) is 4.79 Å². The number of carbonyl (C=O) groups excluding carboxylic acids is 1. The molecule has 0 saturated heterocycles. The Kier molecular flexibility index (Phi) is 6.07. The van der Waals surface area contributed by atoms with Gasteiger partial charge in [0.2, 0.25) is 0 Å². The van der Waals surface area contributed by atoms with Crippen LogP contribution in [0.2, 0.25) is 0 Å². The van der Waals surface area contributed by atoms with Crippen molar-refractivity contribution in [3.05, 3.63) is 0 Å². The molecular formula is C14H27NO4. The van der Waals surface area contributed by atoms with Crippen LogP contribution < -0.4 is 5.32 Å². The van der Waals surface area contributed by atoms with Crippen LogP contribution in [0.15, 0.2) is 0 Å². The van der Waals surface area contributed by atoms with E-state index in [1.807, 2.05) is 20.8 Å². The van der Waals surface area contributed by atoms with E-state index in [4.69, 9.17) is 9.84 Å². The van der Waals surface area contributed by atoms with Crippen LogP contribution in [-0.2, 0) is 4.74 Å². The molecule has 112 valence electrons. The van der Waals surface area contributed by atoms with Crippen LogP contribution in [0.3, 0.4) is 0 Å². The zero-order chi connectivity index (χ0) is 14.5. The van der Waals surface area contributed by atoms with Crippen LogP contribution in [0.4, 0.5) is 4.79 Å². The van der Waals surface area contributed by atoms with Gasteiger partial charge in [-0.05, 0) is 33.1 Å². The van der Waals surface area contributed by atoms with E-state index in [9.17, 15) is 9.90 Å². The summed E-state index contributed by atoms with van der Waals surface area (Å²) < 4.78 is 5.28. The molecule has 0 spiro atoms. The molecule has 1 amide bonds. The summed E-state index contributed by atoms with van der Waals surface area (Å²) in [6.45, 7) is 5.20. The van der Waals surface area contributed by atoms with Gasteiger partial charge in [0.05, 0.1) is 6.61 Å². The molecule has 1 aliphatic rings. The zero-order valence-electron chi connectivity index (χ0n) is 12.2. The first-order valence-corrected chi connectivity index (χ1v) is 7.09. The third kappa shape index (κ3) is 6.25. The number of amides is 1. The van der Waals surface area contributed by atoms with Crippen LogP contribution in [-0.4, -0.2) is 40.7 Å². The molecule has 2 unspecified atom stereocenters. The number of alkyl carbamates (subject to hydrolysis) is 1. The number of rotatable bonds is 5. The lowest BCUT2D eigenvalue weighted by Crippen LogP contribution is -2.45. The molecule has 0 aromatic heterocycles. The molecule has 0 radical (unpaired) electrons. The van der Waals surface area contributed by atoms with Gasteiger partial charge in [-0.3, -0.25) is 0 Å². The van der Waals surface area contributed by atoms with E-state index in [0.29, 0.717) is 12.3 Å². The van der Waals surface area contributed by atoms with E-state index >= 15 is 0 Å². The second-order valence-corrected chi connectivity index (χ2v) is 6.45. The Morgan fingerprint density at radius 3 is 2.42 bits per heavy atom. The van der Waals surface area contributed by atoms with Crippen LogP contribution in [0, 0.1) is 5.92 Å². The monoisotopic (exact) mass is 273 g/mol. The van der Waals surface area contributed by atoms with Crippen molar-refractivity contribution in [2.75, 3.05) is 6.61 Å². The SMILES string of the molecule is CC(C)(C)NC(=O)OC(CC1CCCC1)C(O)CO. The number of aliphatic hydroxyl groups is 2. The Labute approximate surface area is 115 Å². The van der Waals surface area contributed by atoms with Crippen molar-refractivity contribution >= 4 is 6.09 Å². The molecule has 1 saturated carbocycles. The highest BCUT2D eigenvalue weighted by Gasteiger charge is 2.29. The molecule has 5 heteroatoms. The number of hydrogen-bond acceptors (Lipinski definition) is 4. The van der Waals surface area contributed by atoms with E-state index in [2.05, 4.69) is 5.32 Å². The smallest absolute Gasteiger partial charge is 0.407 e. The van der Waals surface area contributed by atoms with Crippen LogP contribution in [0.1, 0.15) is 52.9 Å². The fourth-order valence-electron chi connectivity index (χ4n) is 2.45. The Morgan fingerprint density at radius 1 is 1.37 bits per heavy atom. The maximum Gasteiger partial charge on any atom is 0.407 e. The molecule has 3 N–H and O–H groups in total. The molecule has 0 heterocycles. The summed E-state index contributed by atoms with van der Waals surface area (Å²) in [6, 6.07) is 0. The first kappa shape index (κ1) is 16.2. The van der Waals surface area contributed by atoms with Crippen molar-refractivity contribution < 1.29 is 19.7 Å². The zero-order valence-corrected chi connectivity index (χ0v) is 12.2. The van der Waals surface area contributed by atoms with Crippen molar-refractivity contribution in [3.8, 4) is 0 Å². The quantitative estimate of drug-likeness (QED) is 0.714. The van der Waals surface area contributed by atoms with Gasteiger partial charge in [-0.2, -0.15) is 0 Å². The molecule has 1 fully saturated rings. The summed E-state index contributed by atoms with van der Waals surface area (Å²) in [5.41, 5.74) is -0.376. The second-order valence-electron chi connectivity index (χ2n) is 6.45. The summed E-state index contributed by atoms with van der Waals surface area (Å²) in [5, 5.41) is 21.5. The first-order valence-electron chi connectivity index (χ1n) is 7.09. The molecule has 5 nitrogen and oxygen atoms in total. The van der Waals surface area contributed by atoms with Crippen LogP contribution >= 0.6 is 0 Å². The molecule has 1 aliphatic carbocycles. The fourth-order valence-corrected chi connectivity index (χ4v) is 2.45. The average molecular weight is 273 g/mol. The van der Waals surface area contributed by atoms with Crippen molar-refractivity contribution in [2.24, 2.45) is 5.92 Å². The lowest BCUT2D eigenvalue weighted by Gasteiger charge is -2.27. The topological polar surface area (TPSA) is 78.8 Å². The van der Waals surface area contributed by atoms with E-state index in [1.165, 1.54) is 12.8 Å². The predicted molar refractivity (Wildman–Crippen MR) is 72.8 cm³/mol. The summed E-state index contributed by atoms with van der Waals surface area (Å²) in [4.78, 5) is 11.7. The lowest BCUT2D eigenvalue weighted by atomic mass is 9.97. The van der Waals surface area contributed by atoms with Gasteiger partial charge < -0.3 is 20.3 Å². The predicted octanol–water partition coefficient (Wildman–Crippen LogP) is 1.81. The summed E-state index contributed by atoms with van der Waals surface area (Å²) >= 11 is 0. The third-order valence-electron chi connectivity index (χ3n) is 3.39. The molecule has 0 aromatic rings. The maximum absolute atomic E-state index is 11.7. The highest BCUT2D eigenvalue weighted by molar-refractivity contribution is 5.68. The van der Waals surface area contributed by atoms with Gasteiger partial charge in [0.15, 0.2) is 0 Å². The van der Waals surface area contributed by atoms with E-state index in [-0.39, 0.29) is 12.1 Å². The van der Waals surface area contributed by atoms with Gasteiger partial charge in [0.25, 0.3) is 0 Å². The van der Waals surface area contributed by atoms with E-state index in [0.717, 1.165) is 12.8 Å². The molecule has 2 atom stereocenters. The number of aliphatic hydroxyl groups excluding tert-OH is 2. The van der Waals surface area contributed by atoms with Gasteiger partial charge in [-0.1, -0.05) is 25.7 Å². The van der Waals surface area contributed by atoms with Crippen molar-refractivity contribution in [1.82, 2.24) is 5.32 Å². The molecule has 0 aromatic carbocycles. The number of nitrogens with one attached hydrogen (secondary N) is 1. The minimum atomic E-state index is -1.01. The second kappa shape index (κ2) is 7.10. The largest absolute Gasteiger partial charge is 0.443 e. The van der Waals surface area contributed by atoms with Gasteiger partial charge in [0, 0.05) is 5.54 Å². The Hall–Kier alpha value is -0.810. The summed E-state index contributed by atoms with van der Waals surface area (Å²) in [7, 11) is 0. The maximum atomic E-state index is 11.7. The number of ether oxygens (including phenoxy) is 1. The summed E-state index contributed by atoms with van der Waals surface area (Å²) in [5.74, 6) is 0.480. The Morgan fingerprint density at radius 2 is 1.95 bits per heavy atom. The highest BCUT2D eigenvalue weighted by Crippen LogP contribution is 2.30. The number of carbonyl (C=O) groups is 1. The molecular weight excluding hydrogens is 246 g/mol. The summed E-state index contributed by atoms with van der Waals surface area (Å²) in [6.07, 6.45) is 3.06. The molecule has 0 aliphatic heterocycles. The Balaban J connectivity index is 2.51. The van der Waals surface area contributed by atoms with Gasteiger partial charge >= 0.3 is 6.09 Å². The molecule has 0 bridgehead atoms. The molecule has 1 rings (SSSR count). The fraction of sp³-hybridized carbons (Fsp3) is 0.929. The average Bonchev–Trinajstić information content (AvgIpc) is 2.77. The van der Waals surface area contributed by atoms with Crippen molar-refractivity contribution in [1.29, 1.82) is 0 Å². The molecule has 19 heavy (non-hydrogen) atoms. The normalized spacial score (nSPS) is 20.1. The van der Waals surface area contributed by atoms with Gasteiger partial charge in [0.1, 0.15) is 12.2 Å². The van der Waals surface area contributed by atoms with Crippen LogP contribution in [0.25, 0.3) is 0 Å². The van der Waals surface area contributed by atoms with Crippen molar-refractivity contribution in [2.45, 2.75) is 70.6 Å². The minimum Gasteiger partial charge on any atom is -0.443 e. The standard InChI is InChI=1S/C14H27NO4/c1-14(2,3)15-13(18)19-12(11(17)9-16)8-10-6-4-5-7-10/h10-12,16-17H,4-9H2,1-3H3,(H,15,18). The number of hydrogen-bond donors (Lipinski definition) is 3. The Bertz CT molecular complexity index is 282. The van der Waals surface area contributed by atoms with Gasteiger partial charge in [-0.15, -0.1) is 0 Å². The van der Waals surface area contributed by atoms with Crippen molar-refractivity contribution in [3.63, 3.8) is 0 Å². The highest BCUT2D eigenvalue weighted by atomic mass is 16.6. The van der Waals surface area contributed by atoms with E-state index < -0.39 is 18.3 Å². The minimum absolute atomic E-state index is 0.376. The first-order chi connectivity index (χ1) is 8.81.